The molecule has 0 amide bonds. The summed E-state index contributed by atoms with van der Waals surface area (Å²) < 4.78 is 1.77. The molecule has 0 bridgehead atoms. The van der Waals surface area contributed by atoms with E-state index in [2.05, 4.69) is 32.3 Å². The van der Waals surface area contributed by atoms with E-state index in [0.717, 1.165) is 29.2 Å². The number of halogens is 1. The lowest BCUT2D eigenvalue weighted by atomic mass is 10.5. The second-order valence-electron chi connectivity index (χ2n) is 5.34. The highest BCUT2D eigenvalue weighted by atomic mass is 127. The van der Waals surface area contributed by atoms with Gasteiger partial charge in [-0.15, -0.1) is 35.3 Å². The summed E-state index contributed by atoms with van der Waals surface area (Å²) in [6.07, 6.45) is 1.56. The van der Waals surface area contributed by atoms with Crippen LogP contribution in [0, 0.1) is 0 Å². The van der Waals surface area contributed by atoms with Gasteiger partial charge in [0.2, 0.25) is 0 Å². The van der Waals surface area contributed by atoms with Gasteiger partial charge in [0.25, 0.3) is 0 Å². The Labute approximate surface area is 164 Å². The van der Waals surface area contributed by atoms with Crippen LogP contribution in [0.15, 0.2) is 16.7 Å². The molecule has 0 saturated carbocycles. The van der Waals surface area contributed by atoms with Crippen molar-refractivity contribution in [3.05, 3.63) is 23.2 Å². The number of aryl methyl sites for hydroxylation is 1. The van der Waals surface area contributed by atoms with Crippen molar-refractivity contribution in [1.29, 1.82) is 0 Å². The van der Waals surface area contributed by atoms with Gasteiger partial charge in [-0.3, -0.25) is 4.68 Å². The number of rotatable bonds is 6. The Kier molecular flexibility index (Phi) is 8.39. The van der Waals surface area contributed by atoms with E-state index in [1.54, 1.807) is 22.3 Å². The maximum atomic E-state index is 4.67. The third-order valence-electron chi connectivity index (χ3n) is 3.19. The molecule has 2 rings (SSSR count). The lowest BCUT2D eigenvalue weighted by Gasteiger charge is -2.21. The molecule has 2 aromatic heterocycles. The van der Waals surface area contributed by atoms with Crippen molar-refractivity contribution in [2.24, 2.45) is 12.0 Å². The number of aromatic nitrogens is 4. The van der Waals surface area contributed by atoms with E-state index >= 15 is 0 Å². The maximum absolute atomic E-state index is 4.67. The van der Waals surface area contributed by atoms with Gasteiger partial charge in [-0.25, -0.2) is 15.0 Å². The maximum Gasteiger partial charge on any atom is 0.194 e. The summed E-state index contributed by atoms with van der Waals surface area (Å²) in [6.45, 7) is 4.05. The van der Waals surface area contributed by atoms with Crippen LogP contribution in [0.3, 0.4) is 0 Å². The zero-order chi connectivity index (χ0) is 16.8. The van der Waals surface area contributed by atoms with Gasteiger partial charge >= 0.3 is 0 Å². The van der Waals surface area contributed by atoms with Crippen LogP contribution in [0.2, 0.25) is 0 Å². The SMILES string of the molecule is CCNC(=NCc1csc(N(C)C)n1)N(C)Cc1ncnn1C.I. The number of aliphatic imine (C=N–C) groups is 1. The summed E-state index contributed by atoms with van der Waals surface area (Å²) in [6, 6.07) is 0. The standard InChI is InChI=1S/C14H24N8S.HI/c1-6-15-13(21(4)8-12-17-10-18-22(12)5)16-7-11-9-23-14(19-11)20(2)3;/h9-10H,6-8H2,1-5H3,(H,15,16);1H. The van der Waals surface area contributed by atoms with E-state index in [4.69, 9.17) is 0 Å². The quantitative estimate of drug-likeness (QED) is 0.398. The number of thiazole rings is 1. The van der Waals surface area contributed by atoms with Crippen LogP contribution in [0.25, 0.3) is 0 Å². The molecule has 2 aromatic rings. The molecule has 0 aliphatic carbocycles. The monoisotopic (exact) mass is 464 g/mol. The Balaban J connectivity index is 0.00000288. The molecular formula is C14H25IN8S. The Bertz CT molecular complexity index is 651. The molecule has 10 heteroatoms. The molecule has 8 nitrogen and oxygen atoms in total. The third-order valence-corrected chi connectivity index (χ3v) is 4.25. The first-order valence-electron chi connectivity index (χ1n) is 7.45. The van der Waals surface area contributed by atoms with Gasteiger partial charge in [0, 0.05) is 40.1 Å². The van der Waals surface area contributed by atoms with Crippen molar-refractivity contribution in [3.63, 3.8) is 0 Å². The van der Waals surface area contributed by atoms with Gasteiger partial charge in [-0.1, -0.05) is 0 Å². The second-order valence-corrected chi connectivity index (χ2v) is 6.18. The van der Waals surface area contributed by atoms with E-state index < -0.39 is 0 Å². The lowest BCUT2D eigenvalue weighted by Crippen LogP contribution is -2.39. The number of hydrogen-bond acceptors (Lipinski definition) is 6. The largest absolute Gasteiger partial charge is 0.357 e. The van der Waals surface area contributed by atoms with Crippen molar-refractivity contribution in [1.82, 2.24) is 30.0 Å². The summed E-state index contributed by atoms with van der Waals surface area (Å²) in [5.41, 5.74) is 0.973. The highest BCUT2D eigenvalue weighted by Gasteiger charge is 2.10. The highest BCUT2D eigenvalue weighted by molar-refractivity contribution is 14.0. The van der Waals surface area contributed by atoms with Crippen molar-refractivity contribution in [2.75, 3.05) is 32.6 Å². The van der Waals surface area contributed by atoms with Gasteiger partial charge in [-0.05, 0) is 6.92 Å². The first-order chi connectivity index (χ1) is 11.0. The molecular weight excluding hydrogens is 439 g/mol. The average molecular weight is 464 g/mol. The van der Waals surface area contributed by atoms with Crippen molar-refractivity contribution < 1.29 is 0 Å². The van der Waals surface area contributed by atoms with Gasteiger partial charge in [-0.2, -0.15) is 5.10 Å². The summed E-state index contributed by atoms with van der Waals surface area (Å²) >= 11 is 1.63. The minimum atomic E-state index is 0. The Morgan fingerprint density at radius 1 is 1.38 bits per heavy atom. The van der Waals surface area contributed by atoms with Gasteiger partial charge in [0.1, 0.15) is 12.2 Å². The predicted molar refractivity (Wildman–Crippen MR) is 109 cm³/mol. The van der Waals surface area contributed by atoms with E-state index in [1.165, 1.54) is 0 Å². The molecule has 0 radical (unpaired) electrons. The fourth-order valence-corrected chi connectivity index (χ4v) is 2.70. The molecule has 0 aromatic carbocycles. The zero-order valence-electron chi connectivity index (χ0n) is 14.7. The van der Waals surface area contributed by atoms with Crippen LogP contribution in [0.1, 0.15) is 18.4 Å². The summed E-state index contributed by atoms with van der Waals surface area (Å²) in [5.74, 6) is 1.72. The fourth-order valence-electron chi connectivity index (χ4n) is 1.95. The average Bonchev–Trinajstić information content (AvgIpc) is 3.13. The van der Waals surface area contributed by atoms with Crippen molar-refractivity contribution in [2.45, 2.75) is 20.0 Å². The van der Waals surface area contributed by atoms with Crippen LogP contribution < -0.4 is 10.2 Å². The van der Waals surface area contributed by atoms with E-state index in [0.29, 0.717) is 13.1 Å². The number of anilines is 1. The van der Waals surface area contributed by atoms with Gasteiger partial charge < -0.3 is 15.1 Å². The molecule has 0 unspecified atom stereocenters. The summed E-state index contributed by atoms with van der Waals surface area (Å²) in [4.78, 5) is 17.5. The van der Waals surface area contributed by atoms with Crippen LogP contribution in [0.5, 0.6) is 0 Å². The normalized spacial score (nSPS) is 11.1. The number of nitrogens with zero attached hydrogens (tertiary/aromatic N) is 7. The molecule has 2 heterocycles. The van der Waals surface area contributed by atoms with E-state index in [1.807, 2.05) is 43.4 Å². The molecule has 24 heavy (non-hydrogen) atoms. The van der Waals surface area contributed by atoms with E-state index in [-0.39, 0.29) is 24.0 Å². The van der Waals surface area contributed by atoms with Gasteiger partial charge in [0.15, 0.2) is 11.1 Å². The number of nitrogens with one attached hydrogen (secondary N) is 1. The molecule has 0 atom stereocenters. The summed E-state index contributed by atoms with van der Waals surface area (Å²) in [7, 11) is 7.86. The smallest absolute Gasteiger partial charge is 0.194 e. The molecule has 0 spiro atoms. The van der Waals surface area contributed by atoms with Crippen molar-refractivity contribution >= 4 is 46.4 Å². The first-order valence-corrected chi connectivity index (χ1v) is 8.33. The Morgan fingerprint density at radius 3 is 2.67 bits per heavy atom. The molecule has 0 aliphatic rings. The molecule has 0 aliphatic heterocycles. The number of hydrogen-bond donors (Lipinski definition) is 1. The molecule has 0 saturated heterocycles. The van der Waals surface area contributed by atoms with Gasteiger partial charge in [0.05, 0.1) is 18.8 Å². The van der Waals surface area contributed by atoms with E-state index in [9.17, 15) is 0 Å². The molecule has 134 valence electrons. The zero-order valence-corrected chi connectivity index (χ0v) is 17.9. The second kappa shape index (κ2) is 9.77. The van der Waals surface area contributed by atoms with Crippen molar-refractivity contribution in [3.8, 4) is 0 Å². The van der Waals surface area contributed by atoms with Crippen LogP contribution in [-0.2, 0) is 20.1 Å². The third kappa shape index (κ3) is 5.58. The lowest BCUT2D eigenvalue weighted by molar-refractivity contribution is 0.448. The number of guanidine groups is 1. The van der Waals surface area contributed by atoms with Crippen LogP contribution >= 0.6 is 35.3 Å². The topological polar surface area (TPSA) is 74.5 Å². The Morgan fingerprint density at radius 2 is 2.12 bits per heavy atom. The fraction of sp³-hybridized carbons (Fsp3) is 0.571. The predicted octanol–water partition coefficient (Wildman–Crippen LogP) is 1.55. The molecule has 0 fully saturated rings. The van der Waals surface area contributed by atoms with Crippen LogP contribution in [0.4, 0.5) is 5.13 Å². The summed E-state index contributed by atoms with van der Waals surface area (Å²) in [5, 5.41) is 10.4. The first kappa shape index (κ1) is 20.6. The highest BCUT2D eigenvalue weighted by Crippen LogP contribution is 2.18. The molecule has 1 N–H and O–H groups in total. The minimum absolute atomic E-state index is 0. The minimum Gasteiger partial charge on any atom is -0.357 e. The van der Waals surface area contributed by atoms with Crippen LogP contribution in [-0.4, -0.2) is 58.3 Å². The Hall–Kier alpha value is -1.43.